The highest BCUT2D eigenvalue weighted by atomic mass is 32.1. The first-order valence-electron chi connectivity index (χ1n) is 7.49. The normalized spacial score (nSPS) is 10.5. The first-order valence-corrected chi connectivity index (χ1v) is 8.37. The summed E-state index contributed by atoms with van der Waals surface area (Å²) in [6, 6.07) is 8.56. The highest BCUT2D eigenvalue weighted by Gasteiger charge is 2.24. The minimum absolute atomic E-state index is 0.206. The zero-order chi connectivity index (χ0) is 17.8. The number of benzene rings is 1. The minimum Gasteiger partial charge on any atom is -0.464 e. The zero-order valence-corrected chi connectivity index (χ0v) is 14.1. The van der Waals surface area contributed by atoms with Crippen LogP contribution in [0.4, 0.5) is 9.39 Å². The molecule has 3 rings (SSSR count). The molecular formula is C18H14FNO4S. The van der Waals surface area contributed by atoms with E-state index in [0.717, 1.165) is 0 Å². The molecule has 0 spiro atoms. The van der Waals surface area contributed by atoms with E-state index in [0.29, 0.717) is 16.3 Å². The fraction of sp³-hybridized carbons (Fsp3) is 0.111. The van der Waals surface area contributed by atoms with Crippen molar-refractivity contribution < 1.29 is 23.1 Å². The van der Waals surface area contributed by atoms with Crippen molar-refractivity contribution in [3.63, 3.8) is 0 Å². The second-order valence-electron chi connectivity index (χ2n) is 5.01. The third-order valence-corrected chi connectivity index (χ3v) is 4.29. The van der Waals surface area contributed by atoms with Gasteiger partial charge in [0.05, 0.1) is 12.9 Å². The van der Waals surface area contributed by atoms with E-state index >= 15 is 0 Å². The first-order chi connectivity index (χ1) is 12.1. The van der Waals surface area contributed by atoms with Crippen molar-refractivity contribution >= 4 is 28.2 Å². The lowest BCUT2D eigenvalue weighted by Gasteiger charge is -2.08. The van der Waals surface area contributed by atoms with E-state index < -0.39 is 17.7 Å². The van der Waals surface area contributed by atoms with E-state index in [1.54, 1.807) is 24.4 Å². The summed E-state index contributed by atoms with van der Waals surface area (Å²) in [5.74, 6) is -0.926. The maximum absolute atomic E-state index is 13.0. The number of esters is 1. The molecule has 0 saturated heterocycles. The Hall–Kier alpha value is -2.93. The number of hydrogen-bond donors (Lipinski definition) is 1. The van der Waals surface area contributed by atoms with Crippen LogP contribution in [0.25, 0.3) is 11.3 Å². The molecule has 128 valence electrons. The summed E-state index contributed by atoms with van der Waals surface area (Å²) in [5, 5.41) is 4.74. The van der Waals surface area contributed by atoms with Gasteiger partial charge in [0, 0.05) is 16.5 Å². The highest BCUT2D eigenvalue weighted by molar-refractivity contribution is 7.15. The zero-order valence-electron chi connectivity index (χ0n) is 13.2. The lowest BCUT2D eigenvalue weighted by Crippen LogP contribution is -2.14. The SMILES string of the molecule is CCOC(=O)c1c(-c2ccco2)csc1NC(=O)c1ccc(F)cc1. The highest BCUT2D eigenvalue weighted by Crippen LogP contribution is 2.36. The number of halogens is 1. The summed E-state index contributed by atoms with van der Waals surface area (Å²) in [4.78, 5) is 24.7. The molecule has 0 radical (unpaired) electrons. The van der Waals surface area contributed by atoms with E-state index in [-0.39, 0.29) is 17.7 Å². The molecule has 0 bridgehead atoms. The summed E-state index contributed by atoms with van der Waals surface area (Å²) in [6.07, 6.45) is 1.50. The summed E-state index contributed by atoms with van der Waals surface area (Å²) >= 11 is 1.19. The van der Waals surface area contributed by atoms with Gasteiger partial charge < -0.3 is 14.5 Å². The Morgan fingerprint density at radius 3 is 2.64 bits per heavy atom. The van der Waals surface area contributed by atoms with Crippen LogP contribution in [0.2, 0.25) is 0 Å². The van der Waals surface area contributed by atoms with Gasteiger partial charge in [-0.05, 0) is 43.3 Å². The molecule has 0 fully saturated rings. The number of furan rings is 1. The molecule has 0 aliphatic rings. The number of hydrogen-bond acceptors (Lipinski definition) is 5. The molecule has 1 aromatic carbocycles. The number of carbonyl (C=O) groups is 2. The molecule has 2 heterocycles. The summed E-state index contributed by atoms with van der Waals surface area (Å²) in [7, 11) is 0. The fourth-order valence-electron chi connectivity index (χ4n) is 2.25. The van der Waals surface area contributed by atoms with Gasteiger partial charge in [-0.1, -0.05) is 0 Å². The van der Waals surface area contributed by atoms with Crippen molar-refractivity contribution in [3.05, 3.63) is 65.0 Å². The van der Waals surface area contributed by atoms with Crippen LogP contribution in [0.5, 0.6) is 0 Å². The van der Waals surface area contributed by atoms with E-state index in [1.165, 1.54) is 41.9 Å². The second kappa shape index (κ2) is 7.31. The smallest absolute Gasteiger partial charge is 0.341 e. The number of amides is 1. The van der Waals surface area contributed by atoms with Crippen LogP contribution >= 0.6 is 11.3 Å². The van der Waals surface area contributed by atoms with Gasteiger partial charge in [-0.3, -0.25) is 4.79 Å². The van der Waals surface area contributed by atoms with Gasteiger partial charge in [0.25, 0.3) is 5.91 Å². The van der Waals surface area contributed by atoms with Crippen molar-refractivity contribution in [2.75, 3.05) is 11.9 Å². The van der Waals surface area contributed by atoms with Crippen molar-refractivity contribution in [1.82, 2.24) is 0 Å². The fourth-order valence-corrected chi connectivity index (χ4v) is 3.18. The number of anilines is 1. The molecule has 0 aliphatic heterocycles. The van der Waals surface area contributed by atoms with Crippen LogP contribution in [0.3, 0.4) is 0 Å². The molecule has 5 nitrogen and oxygen atoms in total. The number of nitrogens with one attached hydrogen (secondary N) is 1. The third-order valence-electron chi connectivity index (χ3n) is 3.39. The topological polar surface area (TPSA) is 68.5 Å². The molecule has 1 N–H and O–H groups in total. The predicted octanol–water partition coefficient (Wildman–Crippen LogP) is 4.58. The average Bonchev–Trinajstić information content (AvgIpc) is 3.24. The number of ether oxygens (including phenoxy) is 1. The van der Waals surface area contributed by atoms with E-state index in [9.17, 15) is 14.0 Å². The van der Waals surface area contributed by atoms with E-state index in [2.05, 4.69) is 5.32 Å². The molecule has 1 amide bonds. The van der Waals surface area contributed by atoms with Crippen LogP contribution < -0.4 is 5.32 Å². The molecule has 0 aliphatic carbocycles. The van der Waals surface area contributed by atoms with Crippen molar-refractivity contribution in [3.8, 4) is 11.3 Å². The Labute approximate surface area is 147 Å². The van der Waals surface area contributed by atoms with E-state index in [4.69, 9.17) is 9.15 Å². The number of rotatable bonds is 5. The molecule has 0 unspecified atom stereocenters. The number of carbonyl (C=O) groups excluding carboxylic acids is 2. The standard InChI is InChI=1S/C18H14FNO4S/c1-2-23-18(22)15-13(14-4-3-9-24-14)10-25-17(15)20-16(21)11-5-7-12(19)8-6-11/h3-10H,2H2,1H3,(H,20,21). The van der Waals surface area contributed by atoms with Crippen molar-refractivity contribution in [2.45, 2.75) is 6.92 Å². The third kappa shape index (κ3) is 3.61. The van der Waals surface area contributed by atoms with Gasteiger partial charge in [0.2, 0.25) is 0 Å². The van der Waals surface area contributed by atoms with Gasteiger partial charge in [-0.15, -0.1) is 11.3 Å². The lowest BCUT2D eigenvalue weighted by molar-refractivity contribution is 0.0529. The lowest BCUT2D eigenvalue weighted by atomic mass is 10.1. The molecule has 2 aromatic heterocycles. The predicted molar refractivity (Wildman–Crippen MR) is 92.3 cm³/mol. The molecule has 0 atom stereocenters. The van der Waals surface area contributed by atoms with Gasteiger partial charge in [-0.2, -0.15) is 0 Å². The van der Waals surface area contributed by atoms with Crippen LogP contribution in [0, 0.1) is 5.82 Å². The van der Waals surface area contributed by atoms with Crippen LogP contribution in [-0.2, 0) is 4.74 Å². The first kappa shape index (κ1) is 16.9. The van der Waals surface area contributed by atoms with Crippen LogP contribution in [-0.4, -0.2) is 18.5 Å². The molecule has 0 saturated carbocycles. The Bertz CT molecular complexity index is 884. The summed E-state index contributed by atoms with van der Waals surface area (Å²) in [5.41, 5.74) is 1.06. The van der Waals surface area contributed by atoms with Gasteiger partial charge in [0.15, 0.2) is 0 Å². The summed E-state index contributed by atoms with van der Waals surface area (Å²) in [6.45, 7) is 1.91. The Balaban J connectivity index is 1.94. The van der Waals surface area contributed by atoms with Crippen LogP contribution in [0.1, 0.15) is 27.6 Å². The Kier molecular flexibility index (Phi) is 4.95. The monoisotopic (exact) mass is 359 g/mol. The molecular weight excluding hydrogens is 345 g/mol. The Morgan fingerprint density at radius 2 is 2.00 bits per heavy atom. The maximum Gasteiger partial charge on any atom is 0.341 e. The largest absolute Gasteiger partial charge is 0.464 e. The molecule has 7 heteroatoms. The van der Waals surface area contributed by atoms with Gasteiger partial charge in [0.1, 0.15) is 22.1 Å². The number of thiophene rings is 1. The van der Waals surface area contributed by atoms with Crippen molar-refractivity contribution in [1.29, 1.82) is 0 Å². The summed E-state index contributed by atoms with van der Waals surface area (Å²) < 4.78 is 23.4. The molecule has 25 heavy (non-hydrogen) atoms. The second-order valence-corrected chi connectivity index (χ2v) is 5.89. The Morgan fingerprint density at radius 1 is 1.24 bits per heavy atom. The minimum atomic E-state index is -0.551. The maximum atomic E-state index is 13.0. The quantitative estimate of drug-likeness (QED) is 0.677. The van der Waals surface area contributed by atoms with Gasteiger partial charge >= 0.3 is 5.97 Å². The van der Waals surface area contributed by atoms with Crippen LogP contribution in [0.15, 0.2) is 52.5 Å². The van der Waals surface area contributed by atoms with Crippen molar-refractivity contribution in [2.24, 2.45) is 0 Å². The van der Waals surface area contributed by atoms with Gasteiger partial charge in [-0.25, -0.2) is 9.18 Å². The average molecular weight is 359 g/mol. The molecule has 3 aromatic rings. The van der Waals surface area contributed by atoms with E-state index in [1.807, 2.05) is 0 Å².